The summed E-state index contributed by atoms with van der Waals surface area (Å²) < 4.78 is 14.0. The van der Waals surface area contributed by atoms with Crippen molar-refractivity contribution >= 4 is 18.5 Å². The Kier molecular flexibility index (Phi) is 4.05. The van der Waals surface area contributed by atoms with Gasteiger partial charge in [-0.3, -0.25) is 4.99 Å². The van der Waals surface area contributed by atoms with Gasteiger partial charge >= 0.3 is 0 Å². The summed E-state index contributed by atoms with van der Waals surface area (Å²) in [6.45, 7) is 8.73. The van der Waals surface area contributed by atoms with Crippen LogP contribution in [0.25, 0.3) is 17.3 Å². The van der Waals surface area contributed by atoms with E-state index in [1.165, 1.54) is 12.1 Å². The molecule has 0 radical (unpaired) electrons. The minimum atomic E-state index is -0.795. The Balaban J connectivity index is 2.77. The molecule has 0 spiro atoms. The number of aliphatic imine (C=N–C) groups is 1. The monoisotopic (exact) mass is 270 g/mol. The van der Waals surface area contributed by atoms with Crippen molar-refractivity contribution in [1.82, 2.24) is 4.98 Å². The second-order valence-corrected chi connectivity index (χ2v) is 4.35. The Bertz CT molecular complexity index is 666. The van der Waals surface area contributed by atoms with Crippen LogP contribution in [0.3, 0.4) is 0 Å². The molecular formula is C16H15FN2O. The van der Waals surface area contributed by atoms with Crippen LogP contribution in [-0.4, -0.2) is 16.8 Å². The van der Waals surface area contributed by atoms with Crippen LogP contribution in [0.5, 0.6) is 0 Å². The first-order valence-corrected chi connectivity index (χ1v) is 6.15. The van der Waals surface area contributed by atoms with Gasteiger partial charge < -0.3 is 5.11 Å². The third-order valence-electron chi connectivity index (χ3n) is 3.00. The highest BCUT2D eigenvalue weighted by molar-refractivity contribution is 5.72. The van der Waals surface area contributed by atoms with Crippen molar-refractivity contribution in [3.8, 4) is 11.3 Å². The number of aliphatic hydroxyl groups is 1. The normalized spacial score (nSPS) is 11.9. The number of aliphatic hydroxyl groups excluding tert-OH is 1. The Hall–Kier alpha value is -2.33. The summed E-state index contributed by atoms with van der Waals surface area (Å²) in [5.74, 6) is -0.392. The molecule has 1 unspecified atom stereocenters. The maximum absolute atomic E-state index is 14.0. The summed E-state index contributed by atoms with van der Waals surface area (Å²) in [5, 5.41) is 9.89. The highest BCUT2D eigenvalue weighted by atomic mass is 19.1. The van der Waals surface area contributed by atoms with Crippen molar-refractivity contribution in [2.24, 2.45) is 4.99 Å². The first-order chi connectivity index (χ1) is 9.58. The van der Waals surface area contributed by atoms with E-state index < -0.39 is 11.9 Å². The SMILES string of the molecule is C=Cc1nc(-c2ccccc2F)c(C(C)O)cc1N=C. The van der Waals surface area contributed by atoms with E-state index in [2.05, 4.69) is 23.3 Å². The molecular weight excluding hydrogens is 255 g/mol. The molecule has 0 saturated heterocycles. The number of benzene rings is 1. The van der Waals surface area contributed by atoms with Crippen LogP contribution in [0.1, 0.15) is 24.3 Å². The summed E-state index contributed by atoms with van der Waals surface area (Å²) >= 11 is 0. The molecule has 1 aromatic heterocycles. The van der Waals surface area contributed by atoms with E-state index in [1.54, 1.807) is 31.2 Å². The largest absolute Gasteiger partial charge is 0.389 e. The lowest BCUT2D eigenvalue weighted by Gasteiger charge is -2.14. The average molecular weight is 270 g/mol. The predicted octanol–water partition coefficient (Wildman–Crippen LogP) is 3.92. The van der Waals surface area contributed by atoms with Gasteiger partial charge in [-0.25, -0.2) is 9.37 Å². The van der Waals surface area contributed by atoms with Crippen LogP contribution in [0.2, 0.25) is 0 Å². The van der Waals surface area contributed by atoms with Crippen molar-refractivity contribution in [3.63, 3.8) is 0 Å². The third kappa shape index (κ3) is 2.51. The first kappa shape index (κ1) is 14.1. The molecule has 3 nitrogen and oxygen atoms in total. The summed E-state index contributed by atoms with van der Waals surface area (Å²) in [6.07, 6.45) is 0.733. The van der Waals surface area contributed by atoms with Crippen LogP contribution < -0.4 is 0 Å². The zero-order chi connectivity index (χ0) is 14.7. The zero-order valence-electron chi connectivity index (χ0n) is 11.2. The molecule has 0 amide bonds. The lowest BCUT2D eigenvalue weighted by atomic mass is 10.0. The number of rotatable bonds is 4. The zero-order valence-corrected chi connectivity index (χ0v) is 11.2. The molecule has 4 heteroatoms. The molecule has 0 fully saturated rings. The van der Waals surface area contributed by atoms with E-state index in [0.29, 0.717) is 28.2 Å². The molecule has 0 aliphatic carbocycles. The van der Waals surface area contributed by atoms with E-state index in [4.69, 9.17) is 0 Å². The molecule has 2 rings (SSSR count). The third-order valence-corrected chi connectivity index (χ3v) is 3.00. The average Bonchev–Trinajstić information content (AvgIpc) is 2.46. The predicted molar refractivity (Wildman–Crippen MR) is 79.6 cm³/mol. The molecule has 0 bridgehead atoms. The number of hydrogen-bond acceptors (Lipinski definition) is 3. The number of hydrogen-bond donors (Lipinski definition) is 1. The standard InChI is InChI=1S/C16H15FN2O/c1-4-14-15(18-3)9-12(10(2)20)16(19-14)11-7-5-6-8-13(11)17/h4-10,20H,1,3H2,2H3. The van der Waals surface area contributed by atoms with Crippen LogP contribution in [0, 0.1) is 5.82 Å². The summed E-state index contributed by atoms with van der Waals surface area (Å²) in [4.78, 5) is 8.22. The fourth-order valence-corrected chi connectivity index (χ4v) is 2.00. The highest BCUT2D eigenvalue weighted by Gasteiger charge is 2.17. The Morgan fingerprint density at radius 2 is 2.10 bits per heavy atom. The van der Waals surface area contributed by atoms with E-state index in [0.717, 1.165) is 0 Å². The van der Waals surface area contributed by atoms with Gasteiger partial charge in [-0.2, -0.15) is 0 Å². The molecule has 0 saturated carbocycles. The van der Waals surface area contributed by atoms with E-state index >= 15 is 0 Å². The first-order valence-electron chi connectivity index (χ1n) is 6.15. The van der Waals surface area contributed by atoms with Gasteiger partial charge in [0.15, 0.2) is 0 Å². The van der Waals surface area contributed by atoms with E-state index in [-0.39, 0.29) is 0 Å². The maximum atomic E-state index is 14.0. The minimum Gasteiger partial charge on any atom is -0.389 e. The smallest absolute Gasteiger partial charge is 0.132 e. The molecule has 102 valence electrons. The Labute approximate surface area is 117 Å². The van der Waals surface area contributed by atoms with Crippen LogP contribution >= 0.6 is 0 Å². The molecule has 1 N–H and O–H groups in total. The van der Waals surface area contributed by atoms with Crippen molar-refractivity contribution in [2.75, 3.05) is 0 Å². The van der Waals surface area contributed by atoms with E-state index in [1.807, 2.05) is 0 Å². The summed E-state index contributed by atoms with van der Waals surface area (Å²) in [6, 6.07) is 7.96. The van der Waals surface area contributed by atoms with Crippen LogP contribution in [0.15, 0.2) is 41.9 Å². The molecule has 20 heavy (non-hydrogen) atoms. The van der Waals surface area contributed by atoms with Crippen LogP contribution in [-0.2, 0) is 0 Å². The van der Waals surface area contributed by atoms with Crippen LogP contribution in [0.4, 0.5) is 10.1 Å². The molecule has 1 aromatic carbocycles. The Morgan fingerprint density at radius 1 is 1.40 bits per heavy atom. The van der Waals surface area contributed by atoms with Crippen molar-refractivity contribution in [2.45, 2.75) is 13.0 Å². The van der Waals surface area contributed by atoms with Gasteiger partial charge in [-0.05, 0) is 37.9 Å². The quantitative estimate of drug-likeness (QED) is 0.856. The molecule has 0 aliphatic heterocycles. The lowest BCUT2D eigenvalue weighted by Crippen LogP contribution is -2.01. The minimum absolute atomic E-state index is 0.335. The molecule has 1 heterocycles. The number of pyridine rings is 1. The Morgan fingerprint density at radius 3 is 2.65 bits per heavy atom. The summed E-state index contributed by atoms with van der Waals surface area (Å²) in [5.41, 5.74) is 2.24. The van der Waals surface area contributed by atoms with Gasteiger partial charge in [0.05, 0.1) is 23.2 Å². The van der Waals surface area contributed by atoms with Gasteiger partial charge in [0.25, 0.3) is 0 Å². The maximum Gasteiger partial charge on any atom is 0.132 e. The second-order valence-electron chi connectivity index (χ2n) is 4.35. The highest BCUT2D eigenvalue weighted by Crippen LogP contribution is 2.33. The van der Waals surface area contributed by atoms with Gasteiger partial charge in [-0.1, -0.05) is 18.7 Å². The molecule has 2 aromatic rings. The number of nitrogens with zero attached hydrogens (tertiary/aromatic N) is 2. The van der Waals surface area contributed by atoms with E-state index in [9.17, 15) is 9.50 Å². The molecule has 1 atom stereocenters. The van der Waals surface area contributed by atoms with Crippen molar-refractivity contribution < 1.29 is 9.50 Å². The van der Waals surface area contributed by atoms with Gasteiger partial charge in [0.2, 0.25) is 0 Å². The fourth-order valence-electron chi connectivity index (χ4n) is 2.00. The van der Waals surface area contributed by atoms with Gasteiger partial charge in [0.1, 0.15) is 5.82 Å². The number of halogens is 1. The van der Waals surface area contributed by atoms with Gasteiger partial charge in [0, 0.05) is 11.1 Å². The molecule has 0 aliphatic rings. The topological polar surface area (TPSA) is 45.5 Å². The second kappa shape index (κ2) is 5.75. The lowest BCUT2D eigenvalue weighted by molar-refractivity contribution is 0.199. The van der Waals surface area contributed by atoms with Crippen molar-refractivity contribution in [1.29, 1.82) is 0 Å². The van der Waals surface area contributed by atoms with Crippen molar-refractivity contribution in [3.05, 3.63) is 54.0 Å². The number of aromatic nitrogens is 1. The fraction of sp³-hybridized carbons (Fsp3) is 0.125. The summed E-state index contributed by atoms with van der Waals surface area (Å²) in [7, 11) is 0. The van der Waals surface area contributed by atoms with Gasteiger partial charge in [-0.15, -0.1) is 0 Å².